The number of thioether (sulfide) groups is 1. The topological polar surface area (TPSA) is 131 Å². The zero-order chi connectivity index (χ0) is 28.3. The van der Waals surface area contributed by atoms with Crippen LogP contribution in [0.1, 0.15) is 42.7 Å². The summed E-state index contributed by atoms with van der Waals surface area (Å²) in [5.74, 6) is -2.00. The molecule has 0 spiro atoms. The molecule has 12 heteroatoms. The Kier molecular flexibility index (Phi) is 6.67. The lowest BCUT2D eigenvalue weighted by Crippen LogP contribution is -2.66. The Hall–Kier alpha value is -3.35. The number of nitrogens with zero attached hydrogens (tertiary/aromatic N) is 3. The third-order valence-corrected chi connectivity index (χ3v) is 10.2. The lowest BCUT2D eigenvalue weighted by molar-refractivity contribution is -0.167. The zero-order valence-corrected chi connectivity index (χ0v) is 23.9. The summed E-state index contributed by atoms with van der Waals surface area (Å²) in [5, 5.41) is 21.6. The maximum absolute atomic E-state index is 13.1. The molecule has 3 aliphatic rings. The number of aryl methyl sites for hydroxylation is 2. The van der Waals surface area contributed by atoms with Gasteiger partial charge < -0.3 is 24.6 Å². The fourth-order valence-electron chi connectivity index (χ4n) is 6.45. The highest BCUT2D eigenvalue weighted by atomic mass is 32.2. The van der Waals surface area contributed by atoms with E-state index in [0.717, 1.165) is 29.1 Å². The molecule has 1 aromatic carbocycles. The number of ether oxygens (including phenoxy) is 2. The fraction of sp³-hybridized carbons (Fsp3) is 0.429. The quantitative estimate of drug-likeness (QED) is 0.173. The van der Waals surface area contributed by atoms with Crippen molar-refractivity contribution in [3.8, 4) is 5.75 Å². The summed E-state index contributed by atoms with van der Waals surface area (Å²) in [4.78, 5) is 45.5. The predicted molar refractivity (Wildman–Crippen MR) is 148 cm³/mol. The van der Waals surface area contributed by atoms with Crippen LogP contribution in [0.2, 0.25) is 0 Å². The van der Waals surface area contributed by atoms with Crippen LogP contribution in [-0.4, -0.2) is 67.5 Å². The number of hydrogen-bond acceptors (Lipinski definition) is 9. The number of hydrogen-bond donors (Lipinski definition) is 2. The molecule has 210 valence electrons. The number of carbonyl (C=O) groups is 3. The van der Waals surface area contributed by atoms with Crippen LogP contribution in [0, 0.1) is 11.3 Å². The molecule has 1 saturated heterocycles. The Morgan fingerprint density at radius 2 is 2.08 bits per heavy atom. The number of benzene rings is 1. The smallest absolute Gasteiger partial charge is 0.477 e. The average molecular weight is 584 g/mol. The Morgan fingerprint density at radius 3 is 2.80 bits per heavy atom. The Labute approximate surface area is 238 Å². The zero-order valence-electron chi connectivity index (χ0n) is 22.2. The van der Waals surface area contributed by atoms with Crippen molar-refractivity contribution in [2.24, 2.45) is 11.3 Å². The van der Waals surface area contributed by atoms with Crippen LogP contribution in [-0.2, 0) is 27.2 Å². The summed E-state index contributed by atoms with van der Waals surface area (Å²) in [6.45, 7) is 3.34. The van der Waals surface area contributed by atoms with Gasteiger partial charge in [0.25, 0.3) is 0 Å². The SMILES string of the molecule is CSc1ncn2cc(C3=C(C(=O)O)N4C(=O)[C@H]([C@@H](C)O)[C@@H]4[C@@]3(C)CCOC(=O)Oc3ccc4c(c3)CCC4)sc12. The van der Waals surface area contributed by atoms with Gasteiger partial charge in [-0.1, -0.05) is 13.0 Å². The standard InChI is InChI=1S/C28H29N3O7S2/c1-14(32)19-22-28(2,9-10-37-27(36)38-17-8-7-15-5-4-6-16(15)11-17)20(21(26(34)35)31(22)24(19)33)18-12-30-13-29-23(39-3)25(30)40-18/h7-8,11-14,19,22,32H,4-6,9-10H2,1-3H3,(H,34,35)/t14-,19-,22-,28+/m1/s1. The van der Waals surface area contributed by atoms with Crippen molar-refractivity contribution < 1.29 is 34.1 Å². The van der Waals surface area contributed by atoms with Crippen molar-refractivity contribution in [2.75, 3.05) is 12.9 Å². The van der Waals surface area contributed by atoms with E-state index in [4.69, 9.17) is 9.47 Å². The third-order valence-electron chi connectivity index (χ3n) is 8.30. The number of aromatic nitrogens is 2. The molecule has 1 aliphatic carbocycles. The number of carbonyl (C=O) groups excluding carboxylic acids is 2. The molecule has 4 atom stereocenters. The van der Waals surface area contributed by atoms with Gasteiger partial charge in [0, 0.05) is 17.2 Å². The first-order valence-corrected chi connectivity index (χ1v) is 15.1. The van der Waals surface area contributed by atoms with Crippen LogP contribution in [0.25, 0.3) is 10.4 Å². The Bertz CT molecular complexity index is 1570. The van der Waals surface area contributed by atoms with Crippen LogP contribution in [0.3, 0.4) is 0 Å². The molecular formula is C28H29N3O7S2. The highest BCUT2D eigenvalue weighted by Gasteiger charge is 2.66. The number of carboxylic acid groups (broad SMARTS) is 1. The first kappa shape index (κ1) is 26.9. The summed E-state index contributed by atoms with van der Waals surface area (Å²) < 4.78 is 12.7. The minimum atomic E-state index is -1.22. The minimum Gasteiger partial charge on any atom is -0.477 e. The van der Waals surface area contributed by atoms with Gasteiger partial charge >= 0.3 is 12.1 Å². The largest absolute Gasteiger partial charge is 0.513 e. The monoisotopic (exact) mass is 583 g/mol. The van der Waals surface area contributed by atoms with Crippen LogP contribution in [0.4, 0.5) is 4.79 Å². The van der Waals surface area contributed by atoms with Crippen molar-refractivity contribution >= 4 is 51.5 Å². The van der Waals surface area contributed by atoms with E-state index in [0.29, 0.717) is 16.2 Å². The molecule has 0 saturated carbocycles. The van der Waals surface area contributed by atoms with Crippen molar-refractivity contribution in [1.29, 1.82) is 0 Å². The molecule has 3 aromatic rings. The average Bonchev–Trinajstić information content (AvgIpc) is 3.64. The van der Waals surface area contributed by atoms with E-state index in [1.54, 1.807) is 12.4 Å². The first-order valence-electron chi connectivity index (χ1n) is 13.1. The number of imidazole rings is 1. The van der Waals surface area contributed by atoms with Gasteiger partial charge in [-0.15, -0.1) is 23.1 Å². The van der Waals surface area contributed by atoms with Crippen LogP contribution in [0.5, 0.6) is 5.75 Å². The van der Waals surface area contributed by atoms with Crippen molar-refractivity contribution in [3.05, 3.63) is 52.4 Å². The van der Waals surface area contributed by atoms with E-state index in [-0.39, 0.29) is 18.7 Å². The normalized spacial score (nSPS) is 24.2. The number of thiazole rings is 1. The fourth-order valence-corrected chi connectivity index (χ4v) is 8.41. The van der Waals surface area contributed by atoms with Gasteiger partial charge in [-0.3, -0.25) is 9.20 Å². The first-order chi connectivity index (χ1) is 19.1. The van der Waals surface area contributed by atoms with Crippen molar-refractivity contribution in [3.63, 3.8) is 0 Å². The maximum atomic E-state index is 13.1. The lowest BCUT2D eigenvalue weighted by atomic mass is 9.66. The molecular weight excluding hydrogens is 554 g/mol. The second-order valence-electron chi connectivity index (χ2n) is 10.7. The molecule has 6 rings (SSSR count). The minimum absolute atomic E-state index is 0.0659. The van der Waals surface area contributed by atoms with E-state index in [1.165, 1.54) is 46.0 Å². The molecule has 40 heavy (non-hydrogen) atoms. The van der Waals surface area contributed by atoms with E-state index < -0.39 is 41.5 Å². The van der Waals surface area contributed by atoms with Gasteiger partial charge in [-0.2, -0.15) is 0 Å². The summed E-state index contributed by atoms with van der Waals surface area (Å²) in [7, 11) is 0. The Morgan fingerprint density at radius 1 is 1.30 bits per heavy atom. The predicted octanol–water partition coefficient (Wildman–Crippen LogP) is 4.24. The molecule has 0 bridgehead atoms. The van der Waals surface area contributed by atoms with Gasteiger partial charge in [-0.25, -0.2) is 14.6 Å². The highest BCUT2D eigenvalue weighted by Crippen LogP contribution is 2.60. The van der Waals surface area contributed by atoms with Gasteiger partial charge in [0.15, 0.2) is 0 Å². The number of aliphatic carboxylic acids is 1. The van der Waals surface area contributed by atoms with Crippen molar-refractivity contribution in [1.82, 2.24) is 14.3 Å². The molecule has 2 aromatic heterocycles. The van der Waals surface area contributed by atoms with Crippen LogP contribution < -0.4 is 4.74 Å². The number of β-lactam (4-membered cyclic amide) rings is 1. The second kappa shape index (κ2) is 9.93. The third kappa shape index (κ3) is 4.11. The van der Waals surface area contributed by atoms with Crippen LogP contribution >= 0.6 is 23.1 Å². The van der Waals surface area contributed by atoms with Gasteiger partial charge in [0.2, 0.25) is 5.91 Å². The molecule has 2 aliphatic heterocycles. The number of aliphatic hydroxyl groups is 1. The van der Waals surface area contributed by atoms with Gasteiger partial charge in [-0.05, 0) is 62.1 Å². The molecule has 1 fully saturated rings. The summed E-state index contributed by atoms with van der Waals surface area (Å²) in [5.41, 5.74) is 1.90. The highest BCUT2D eigenvalue weighted by molar-refractivity contribution is 7.98. The summed E-state index contributed by atoms with van der Waals surface area (Å²) in [6.07, 6.45) is 6.86. The number of fused-ring (bicyclic) bond motifs is 3. The van der Waals surface area contributed by atoms with Gasteiger partial charge in [0.05, 0.1) is 29.5 Å². The molecule has 1 amide bonds. The van der Waals surface area contributed by atoms with E-state index >= 15 is 0 Å². The number of rotatable bonds is 8. The van der Waals surface area contributed by atoms with E-state index in [2.05, 4.69) is 4.98 Å². The van der Waals surface area contributed by atoms with Crippen molar-refractivity contribution in [2.45, 2.75) is 56.7 Å². The second-order valence-corrected chi connectivity index (χ2v) is 12.5. The Balaban J connectivity index is 1.29. The lowest BCUT2D eigenvalue weighted by Gasteiger charge is -2.50. The molecule has 4 heterocycles. The maximum Gasteiger partial charge on any atom is 0.513 e. The molecule has 0 radical (unpaired) electrons. The molecule has 0 unspecified atom stereocenters. The molecule has 10 nitrogen and oxygen atoms in total. The van der Waals surface area contributed by atoms with Gasteiger partial charge in [0.1, 0.15) is 27.6 Å². The molecule has 2 N–H and O–H groups in total. The number of amides is 1. The summed E-state index contributed by atoms with van der Waals surface area (Å²) >= 11 is 2.88. The number of aliphatic hydroxyl groups excluding tert-OH is 1. The number of carboxylic acids is 1. The van der Waals surface area contributed by atoms with E-state index in [9.17, 15) is 24.6 Å². The van der Waals surface area contributed by atoms with Crippen LogP contribution in [0.15, 0.2) is 41.4 Å². The van der Waals surface area contributed by atoms with E-state index in [1.807, 2.05) is 35.9 Å². The summed E-state index contributed by atoms with van der Waals surface area (Å²) in [6, 6.07) is 4.99.